The van der Waals surface area contributed by atoms with Crippen LogP contribution in [0.15, 0.2) is 60.0 Å². The number of carboxylic acids is 1. The van der Waals surface area contributed by atoms with E-state index in [0.717, 1.165) is 25.3 Å². The molecule has 4 aromatic rings. The zero-order valence-electron chi connectivity index (χ0n) is 26.3. The van der Waals surface area contributed by atoms with Gasteiger partial charge < -0.3 is 29.7 Å². The number of carbonyl (C=O) groups is 2. The van der Waals surface area contributed by atoms with Crippen molar-refractivity contribution < 1.29 is 28.6 Å². The highest BCUT2D eigenvalue weighted by atomic mass is 35.5. The number of rotatable bonds is 7. The molecular weight excluding hydrogens is 674 g/mol. The molecule has 5 heterocycles. The number of carbonyl (C=O) groups excluding carboxylic acids is 1. The largest absolute Gasteiger partial charge is 0.478 e. The number of morpholine rings is 1. The number of halogens is 3. The predicted octanol–water partition coefficient (Wildman–Crippen LogP) is 8.01. The van der Waals surface area contributed by atoms with Crippen LogP contribution >= 0.6 is 23.2 Å². The van der Waals surface area contributed by atoms with Crippen LogP contribution < -0.4 is 15.0 Å². The van der Waals surface area contributed by atoms with Gasteiger partial charge in [-0.3, -0.25) is 9.78 Å². The van der Waals surface area contributed by atoms with Crippen molar-refractivity contribution in [3.05, 3.63) is 87.4 Å². The number of ether oxygens (including phenoxy) is 2. The SMILES string of the molecule is CNc1cncc(-c2cc(Cl)c(C(=O)N3COc4c(cccc4-c4cc(N5CC6CCCC5CO6)c(C(=O)O)cc4F)C3)c(Cl)c2)c1N=N. The van der Waals surface area contributed by atoms with Crippen molar-refractivity contribution in [1.82, 2.24) is 9.88 Å². The number of nitrogens with one attached hydrogen (secondary N) is 2. The van der Waals surface area contributed by atoms with Crippen molar-refractivity contribution in [3.8, 4) is 28.0 Å². The minimum absolute atomic E-state index is 0.00622. The first-order valence-corrected chi connectivity index (χ1v) is 16.5. The van der Waals surface area contributed by atoms with Gasteiger partial charge in [0.1, 0.15) is 17.3 Å². The molecule has 0 aliphatic carbocycles. The van der Waals surface area contributed by atoms with Gasteiger partial charge in [0.2, 0.25) is 0 Å². The second kappa shape index (κ2) is 13.3. The van der Waals surface area contributed by atoms with Crippen LogP contribution in [0.3, 0.4) is 0 Å². The molecule has 11 nitrogen and oxygen atoms in total. The van der Waals surface area contributed by atoms with Crippen molar-refractivity contribution in [1.29, 1.82) is 5.53 Å². The van der Waals surface area contributed by atoms with Gasteiger partial charge in [-0.2, -0.15) is 5.11 Å². The van der Waals surface area contributed by atoms with Gasteiger partial charge in [0.25, 0.3) is 5.91 Å². The first-order valence-electron chi connectivity index (χ1n) is 15.7. The van der Waals surface area contributed by atoms with Crippen molar-refractivity contribution >= 4 is 52.1 Å². The van der Waals surface area contributed by atoms with Crippen LogP contribution in [0.5, 0.6) is 5.75 Å². The third-order valence-electron chi connectivity index (χ3n) is 9.32. The Hall–Kier alpha value is -4.78. The molecule has 1 aromatic heterocycles. The van der Waals surface area contributed by atoms with E-state index in [1.165, 1.54) is 11.1 Å². The zero-order chi connectivity index (χ0) is 34.4. The summed E-state index contributed by atoms with van der Waals surface area (Å²) >= 11 is 13.3. The Morgan fingerprint density at radius 2 is 1.90 bits per heavy atom. The van der Waals surface area contributed by atoms with Crippen LogP contribution in [0.2, 0.25) is 10.0 Å². The zero-order valence-corrected chi connectivity index (χ0v) is 27.8. The summed E-state index contributed by atoms with van der Waals surface area (Å²) in [5.74, 6) is -1.97. The maximum atomic E-state index is 15.8. The Morgan fingerprint density at radius 1 is 1.10 bits per heavy atom. The lowest BCUT2D eigenvalue weighted by atomic mass is 9.96. The number of anilines is 2. The number of hydrogen-bond donors (Lipinski definition) is 3. The fraction of sp³-hybridized carbons (Fsp3) is 0.286. The van der Waals surface area contributed by atoms with Crippen molar-refractivity contribution in [3.63, 3.8) is 0 Å². The van der Waals surface area contributed by atoms with Crippen LogP contribution in [0.1, 0.15) is 45.5 Å². The number of aromatic nitrogens is 1. The monoisotopic (exact) mass is 704 g/mol. The minimum atomic E-state index is -1.21. The Bertz CT molecular complexity index is 1980. The van der Waals surface area contributed by atoms with E-state index in [0.29, 0.717) is 58.2 Å². The number of para-hydroxylation sites is 1. The maximum Gasteiger partial charge on any atom is 0.337 e. The van der Waals surface area contributed by atoms with E-state index in [9.17, 15) is 14.7 Å². The average Bonchev–Trinajstić information content (AvgIpc) is 3.46. The fourth-order valence-electron chi connectivity index (χ4n) is 6.90. The summed E-state index contributed by atoms with van der Waals surface area (Å²) in [7, 11) is 1.69. The van der Waals surface area contributed by atoms with Crippen LogP contribution in [-0.4, -0.2) is 65.9 Å². The summed E-state index contributed by atoms with van der Waals surface area (Å²) in [4.78, 5) is 33.8. The number of benzene rings is 3. The van der Waals surface area contributed by atoms with Gasteiger partial charge in [0.05, 0.1) is 64.0 Å². The van der Waals surface area contributed by atoms with Gasteiger partial charge in [-0.1, -0.05) is 41.4 Å². The van der Waals surface area contributed by atoms with E-state index in [1.54, 1.807) is 49.6 Å². The topological polar surface area (TPSA) is 140 Å². The smallest absolute Gasteiger partial charge is 0.337 e. The van der Waals surface area contributed by atoms with Gasteiger partial charge in [-0.05, 0) is 49.1 Å². The van der Waals surface area contributed by atoms with Crippen LogP contribution in [0, 0.1) is 11.3 Å². The summed E-state index contributed by atoms with van der Waals surface area (Å²) in [6.07, 6.45) is 5.80. The fourth-order valence-corrected chi connectivity index (χ4v) is 7.55. The molecule has 4 aliphatic rings. The average molecular weight is 706 g/mol. The van der Waals surface area contributed by atoms with Crippen molar-refractivity contribution in [2.75, 3.05) is 37.1 Å². The van der Waals surface area contributed by atoms with Crippen molar-refractivity contribution in [2.24, 2.45) is 5.11 Å². The van der Waals surface area contributed by atoms with Crippen LogP contribution in [-0.2, 0) is 11.3 Å². The molecule has 8 rings (SSSR count). The maximum absolute atomic E-state index is 15.8. The van der Waals surface area contributed by atoms with E-state index < -0.39 is 17.7 Å². The van der Waals surface area contributed by atoms with Gasteiger partial charge in [0, 0.05) is 42.0 Å². The quantitative estimate of drug-likeness (QED) is 0.164. The summed E-state index contributed by atoms with van der Waals surface area (Å²) in [5, 5.41) is 16.8. The Kier molecular flexibility index (Phi) is 8.86. The van der Waals surface area contributed by atoms with Crippen molar-refractivity contribution in [2.45, 2.75) is 38.0 Å². The normalized spacial score (nSPS) is 18.4. The number of aromatic carboxylic acids is 1. The second-order valence-corrected chi connectivity index (χ2v) is 13.0. The molecule has 2 bridgehead atoms. The Morgan fingerprint density at radius 3 is 2.63 bits per heavy atom. The van der Waals surface area contributed by atoms with E-state index in [4.69, 9.17) is 38.2 Å². The first kappa shape index (κ1) is 32.8. The highest BCUT2D eigenvalue weighted by Gasteiger charge is 2.35. The van der Waals surface area contributed by atoms with Gasteiger partial charge in [-0.25, -0.2) is 14.7 Å². The van der Waals surface area contributed by atoms with E-state index in [1.807, 2.05) is 4.90 Å². The number of pyridine rings is 1. The third kappa shape index (κ3) is 5.94. The molecule has 0 radical (unpaired) electrons. The molecule has 3 saturated heterocycles. The van der Waals surface area contributed by atoms with Gasteiger partial charge in [-0.15, -0.1) is 0 Å². The molecule has 0 spiro atoms. The standard InChI is InChI=1S/C35H31Cl2FN6O5/c1-40-29-13-41-12-25(32(29)42-39)19-8-26(36)31(27(37)9-19)34(45)43-14-18-4-2-7-22(33(18)49-17-43)23-11-30(24(35(46)47)10-28(23)38)44-15-21-6-3-5-20(44)16-48-21/h2,4,7-13,20-21,39-40H,3,5-6,14-17H2,1H3,(H,46,47). The highest BCUT2D eigenvalue weighted by molar-refractivity contribution is 6.40. The van der Waals surface area contributed by atoms with E-state index in [2.05, 4.69) is 15.4 Å². The molecule has 14 heteroatoms. The molecule has 2 atom stereocenters. The lowest BCUT2D eigenvalue weighted by molar-refractivity contribution is 0.0305. The lowest BCUT2D eigenvalue weighted by Gasteiger charge is -2.39. The summed E-state index contributed by atoms with van der Waals surface area (Å²) in [6, 6.07) is 11.1. The van der Waals surface area contributed by atoms with E-state index >= 15 is 4.39 Å². The molecule has 3 N–H and O–H groups in total. The molecule has 3 aromatic carbocycles. The molecule has 2 unspecified atom stereocenters. The second-order valence-electron chi connectivity index (χ2n) is 12.2. The number of amides is 1. The molecule has 4 aliphatic heterocycles. The predicted molar refractivity (Wildman–Crippen MR) is 183 cm³/mol. The lowest BCUT2D eigenvalue weighted by Crippen LogP contribution is -2.48. The number of hydrogen-bond acceptors (Lipinski definition) is 9. The Balaban J connectivity index is 1.20. The molecule has 252 valence electrons. The number of nitrogens with zero attached hydrogens (tertiary/aromatic N) is 4. The third-order valence-corrected chi connectivity index (χ3v) is 9.92. The molecular formula is C35H31Cl2FN6O5. The molecule has 49 heavy (non-hydrogen) atoms. The molecule has 0 saturated carbocycles. The minimum Gasteiger partial charge on any atom is -0.478 e. The van der Waals surface area contributed by atoms with Gasteiger partial charge in [0.15, 0.2) is 6.73 Å². The molecule has 3 fully saturated rings. The summed E-state index contributed by atoms with van der Waals surface area (Å²) in [6.45, 7) is 0.982. The van der Waals surface area contributed by atoms with E-state index in [-0.39, 0.29) is 52.2 Å². The Labute approximate surface area is 291 Å². The summed E-state index contributed by atoms with van der Waals surface area (Å²) in [5.41, 5.74) is 11.3. The summed E-state index contributed by atoms with van der Waals surface area (Å²) < 4.78 is 27.8. The van der Waals surface area contributed by atoms with Crippen LogP contribution in [0.4, 0.5) is 21.5 Å². The first-order chi connectivity index (χ1) is 23.7. The molecule has 1 amide bonds. The number of carboxylic acid groups (broad SMARTS) is 1. The highest BCUT2D eigenvalue weighted by Crippen LogP contribution is 2.43. The van der Waals surface area contributed by atoms with Gasteiger partial charge >= 0.3 is 5.97 Å². The van der Waals surface area contributed by atoms with Crippen LogP contribution in [0.25, 0.3) is 22.3 Å². The number of fused-ring (bicyclic) bond motifs is 5.